The van der Waals surface area contributed by atoms with Gasteiger partial charge in [-0.2, -0.15) is 0 Å². The number of amides is 1. The zero-order valence-electron chi connectivity index (χ0n) is 10.1. The molecule has 0 fully saturated rings. The first-order chi connectivity index (χ1) is 8.40. The summed E-state index contributed by atoms with van der Waals surface area (Å²) in [5.74, 6) is -1.76. The Morgan fingerprint density at radius 2 is 2.17 bits per heavy atom. The molecule has 98 valence electrons. The maximum absolute atomic E-state index is 11.8. The van der Waals surface area contributed by atoms with Crippen molar-refractivity contribution < 1.29 is 14.7 Å². The standard InChI is InChI=1S/C12H15ClN2O3/c1-7(2)5-10(12(17)18)15-11(16)9-6-8(13)3-4-14-9/h3-4,6-7,10H,5H2,1-2H3,(H,15,16)(H,17,18)/p-1/t10-/m0/s1. The Hall–Kier alpha value is -1.62. The number of carbonyl (C=O) groups is 2. The highest BCUT2D eigenvalue weighted by Crippen LogP contribution is 2.09. The van der Waals surface area contributed by atoms with Crippen LogP contribution in [0.1, 0.15) is 30.8 Å². The van der Waals surface area contributed by atoms with Crippen LogP contribution in [0.3, 0.4) is 0 Å². The van der Waals surface area contributed by atoms with E-state index in [1.54, 1.807) is 0 Å². The maximum Gasteiger partial charge on any atom is 0.270 e. The summed E-state index contributed by atoms with van der Waals surface area (Å²) in [7, 11) is 0. The van der Waals surface area contributed by atoms with E-state index in [1.807, 2.05) is 13.8 Å². The number of nitrogens with one attached hydrogen (secondary N) is 1. The zero-order valence-corrected chi connectivity index (χ0v) is 10.9. The van der Waals surface area contributed by atoms with Gasteiger partial charge in [0, 0.05) is 11.2 Å². The lowest BCUT2D eigenvalue weighted by Crippen LogP contribution is -2.48. The van der Waals surface area contributed by atoms with Crippen molar-refractivity contribution in [2.75, 3.05) is 0 Å². The lowest BCUT2D eigenvalue weighted by atomic mass is 10.0. The average Bonchev–Trinajstić information content (AvgIpc) is 2.27. The van der Waals surface area contributed by atoms with E-state index in [-0.39, 0.29) is 11.6 Å². The monoisotopic (exact) mass is 269 g/mol. The van der Waals surface area contributed by atoms with Gasteiger partial charge in [-0.1, -0.05) is 25.4 Å². The largest absolute Gasteiger partial charge is 0.548 e. The average molecular weight is 270 g/mol. The fourth-order valence-corrected chi connectivity index (χ4v) is 1.61. The summed E-state index contributed by atoms with van der Waals surface area (Å²) in [6.07, 6.45) is 1.68. The smallest absolute Gasteiger partial charge is 0.270 e. The first kappa shape index (κ1) is 14.4. The summed E-state index contributed by atoms with van der Waals surface area (Å²) in [5.41, 5.74) is 0.0810. The number of carbonyl (C=O) groups excluding carboxylic acids is 2. The highest BCUT2D eigenvalue weighted by Gasteiger charge is 2.17. The Morgan fingerprint density at radius 3 is 2.67 bits per heavy atom. The van der Waals surface area contributed by atoms with Crippen LogP contribution in [0.4, 0.5) is 0 Å². The molecular weight excluding hydrogens is 256 g/mol. The number of carboxylic acid groups (broad SMARTS) is 1. The SMILES string of the molecule is CC(C)C[C@H](NC(=O)c1cc(Cl)ccn1)C(=O)[O-]. The van der Waals surface area contributed by atoms with Crippen molar-refractivity contribution in [1.82, 2.24) is 10.3 Å². The van der Waals surface area contributed by atoms with Gasteiger partial charge in [0.15, 0.2) is 0 Å². The van der Waals surface area contributed by atoms with Gasteiger partial charge in [-0.25, -0.2) is 0 Å². The normalized spacial score (nSPS) is 12.2. The molecule has 1 aromatic heterocycles. The molecule has 1 N–H and O–H groups in total. The second-order valence-corrected chi connectivity index (χ2v) is 4.77. The summed E-state index contributed by atoms with van der Waals surface area (Å²) in [6.45, 7) is 3.72. The topological polar surface area (TPSA) is 82.1 Å². The lowest BCUT2D eigenvalue weighted by Gasteiger charge is -2.21. The fourth-order valence-electron chi connectivity index (χ4n) is 1.45. The van der Waals surface area contributed by atoms with Gasteiger partial charge in [0.05, 0.1) is 12.0 Å². The first-order valence-electron chi connectivity index (χ1n) is 5.53. The lowest BCUT2D eigenvalue weighted by molar-refractivity contribution is -0.308. The maximum atomic E-state index is 11.8. The number of nitrogens with zero attached hydrogens (tertiary/aromatic N) is 1. The Morgan fingerprint density at radius 1 is 1.50 bits per heavy atom. The van der Waals surface area contributed by atoms with Gasteiger partial charge in [0.25, 0.3) is 5.91 Å². The molecule has 0 radical (unpaired) electrons. The van der Waals surface area contributed by atoms with Crippen molar-refractivity contribution in [2.45, 2.75) is 26.3 Å². The molecule has 6 heteroatoms. The summed E-state index contributed by atoms with van der Waals surface area (Å²) < 4.78 is 0. The van der Waals surface area contributed by atoms with Gasteiger partial charge >= 0.3 is 0 Å². The molecule has 0 aliphatic carbocycles. The number of pyridine rings is 1. The predicted octanol–water partition coefficient (Wildman–Crippen LogP) is 0.629. The van der Waals surface area contributed by atoms with Crippen LogP contribution in [-0.4, -0.2) is 22.9 Å². The van der Waals surface area contributed by atoms with E-state index < -0.39 is 17.9 Å². The van der Waals surface area contributed by atoms with Crippen LogP contribution in [0.2, 0.25) is 5.02 Å². The fraction of sp³-hybridized carbons (Fsp3) is 0.417. The Bertz CT molecular complexity index is 449. The third kappa shape index (κ3) is 4.33. The minimum Gasteiger partial charge on any atom is -0.548 e. The second-order valence-electron chi connectivity index (χ2n) is 4.33. The molecule has 0 aliphatic heterocycles. The molecule has 0 aromatic carbocycles. The molecule has 1 amide bonds. The minimum absolute atomic E-state index is 0.0810. The van der Waals surface area contributed by atoms with E-state index in [0.29, 0.717) is 11.4 Å². The van der Waals surface area contributed by atoms with Crippen LogP contribution in [0.5, 0.6) is 0 Å². The quantitative estimate of drug-likeness (QED) is 0.850. The van der Waals surface area contributed by atoms with Crippen molar-refractivity contribution >= 4 is 23.5 Å². The van der Waals surface area contributed by atoms with E-state index in [1.165, 1.54) is 18.3 Å². The third-order valence-electron chi connectivity index (χ3n) is 2.25. The summed E-state index contributed by atoms with van der Waals surface area (Å²) in [6, 6.07) is 1.87. The molecule has 1 rings (SSSR count). The molecule has 18 heavy (non-hydrogen) atoms. The Labute approximate surface area is 110 Å². The van der Waals surface area contributed by atoms with Crippen molar-refractivity contribution in [2.24, 2.45) is 5.92 Å². The Balaban J connectivity index is 2.75. The molecule has 0 unspecified atom stereocenters. The number of aliphatic carboxylic acids is 1. The molecule has 0 aliphatic rings. The minimum atomic E-state index is -1.31. The van der Waals surface area contributed by atoms with E-state index in [0.717, 1.165) is 0 Å². The highest BCUT2D eigenvalue weighted by molar-refractivity contribution is 6.30. The van der Waals surface area contributed by atoms with Crippen LogP contribution < -0.4 is 10.4 Å². The highest BCUT2D eigenvalue weighted by atomic mass is 35.5. The summed E-state index contributed by atoms with van der Waals surface area (Å²) in [5, 5.41) is 13.6. The molecule has 0 bridgehead atoms. The second kappa shape index (κ2) is 6.35. The first-order valence-corrected chi connectivity index (χ1v) is 5.91. The van der Waals surface area contributed by atoms with Gasteiger partial charge in [-0.3, -0.25) is 9.78 Å². The number of hydrogen-bond acceptors (Lipinski definition) is 4. The number of halogens is 1. The number of aromatic nitrogens is 1. The Kier molecular flexibility index (Phi) is 5.09. The van der Waals surface area contributed by atoms with Crippen LogP contribution in [0.15, 0.2) is 18.3 Å². The van der Waals surface area contributed by atoms with Crippen molar-refractivity contribution in [3.63, 3.8) is 0 Å². The van der Waals surface area contributed by atoms with Crippen LogP contribution in [0, 0.1) is 5.92 Å². The van der Waals surface area contributed by atoms with Crippen molar-refractivity contribution in [3.05, 3.63) is 29.0 Å². The zero-order chi connectivity index (χ0) is 13.7. The van der Waals surface area contributed by atoms with Gasteiger partial charge in [-0.05, 0) is 24.5 Å². The number of carboxylic acids is 1. The molecule has 5 nitrogen and oxygen atoms in total. The van der Waals surface area contributed by atoms with E-state index in [4.69, 9.17) is 11.6 Å². The van der Waals surface area contributed by atoms with Gasteiger partial charge in [0.2, 0.25) is 0 Å². The van der Waals surface area contributed by atoms with E-state index in [9.17, 15) is 14.7 Å². The number of rotatable bonds is 5. The summed E-state index contributed by atoms with van der Waals surface area (Å²) in [4.78, 5) is 26.5. The van der Waals surface area contributed by atoms with Gasteiger partial charge < -0.3 is 15.2 Å². The van der Waals surface area contributed by atoms with Crippen molar-refractivity contribution in [1.29, 1.82) is 0 Å². The molecule has 0 saturated heterocycles. The van der Waals surface area contributed by atoms with Gasteiger partial charge in [0.1, 0.15) is 5.69 Å². The predicted molar refractivity (Wildman–Crippen MR) is 65.0 cm³/mol. The molecule has 1 atom stereocenters. The number of hydrogen-bond donors (Lipinski definition) is 1. The molecule has 1 heterocycles. The molecule has 0 spiro atoms. The van der Waals surface area contributed by atoms with Crippen LogP contribution in [-0.2, 0) is 4.79 Å². The summed E-state index contributed by atoms with van der Waals surface area (Å²) >= 11 is 5.72. The van der Waals surface area contributed by atoms with E-state index >= 15 is 0 Å². The van der Waals surface area contributed by atoms with Gasteiger partial charge in [-0.15, -0.1) is 0 Å². The molecule has 1 aromatic rings. The van der Waals surface area contributed by atoms with Crippen molar-refractivity contribution in [3.8, 4) is 0 Å². The van der Waals surface area contributed by atoms with Crippen LogP contribution >= 0.6 is 11.6 Å². The molecular formula is C12H14ClN2O3-. The third-order valence-corrected chi connectivity index (χ3v) is 2.49. The van der Waals surface area contributed by atoms with E-state index in [2.05, 4.69) is 10.3 Å². The molecule has 0 saturated carbocycles. The van der Waals surface area contributed by atoms with Crippen LogP contribution in [0.25, 0.3) is 0 Å².